The van der Waals surface area contributed by atoms with Crippen LogP contribution in [-0.4, -0.2) is 14.6 Å². The molecule has 0 saturated heterocycles. The number of nitrogens with zero attached hydrogens (tertiary/aromatic N) is 3. The zero-order chi connectivity index (χ0) is 21.9. The van der Waals surface area contributed by atoms with E-state index in [1.807, 2.05) is 36.4 Å². The monoisotopic (exact) mass is 491 g/mol. The zero-order valence-corrected chi connectivity index (χ0v) is 19.6. The van der Waals surface area contributed by atoms with Gasteiger partial charge in [-0.05, 0) is 41.7 Å². The molecule has 2 atom stereocenters. The maximum atomic E-state index is 12.9. The highest BCUT2D eigenvalue weighted by molar-refractivity contribution is 7.15. The largest absolute Gasteiger partial charge is 0.457 e. The lowest BCUT2D eigenvalue weighted by atomic mass is 10.1. The second kappa shape index (κ2) is 7.48. The van der Waals surface area contributed by atoms with E-state index in [4.69, 9.17) is 39.2 Å². The highest BCUT2D eigenvalue weighted by atomic mass is 35.5. The summed E-state index contributed by atoms with van der Waals surface area (Å²) in [5, 5.41) is 5.11. The summed E-state index contributed by atoms with van der Waals surface area (Å²) in [6.07, 6.45) is 3.52. The quantitative estimate of drug-likeness (QED) is 0.368. The lowest BCUT2D eigenvalue weighted by molar-refractivity contribution is 0.571. The van der Waals surface area contributed by atoms with Crippen molar-refractivity contribution in [2.75, 3.05) is 0 Å². The van der Waals surface area contributed by atoms with E-state index in [2.05, 4.69) is 23.9 Å². The van der Waals surface area contributed by atoms with Crippen LogP contribution in [0.5, 0.6) is 0 Å². The third-order valence-electron chi connectivity index (χ3n) is 5.70. The molecule has 0 spiro atoms. The van der Waals surface area contributed by atoms with E-state index in [1.165, 1.54) is 15.9 Å². The first-order chi connectivity index (χ1) is 14.7. The molecular formula is C22H16Cl3N3O2S. The van der Waals surface area contributed by atoms with E-state index in [-0.39, 0.29) is 27.3 Å². The predicted molar refractivity (Wildman–Crippen MR) is 125 cm³/mol. The van der Waals surface area contributed by atoms with E-state index in [1.54, 1.807) is 12.1 Å². The van der Waals surface area contributed by atoms with Crippen LogP contribution in [0.25, 0.3) is 22.4 Å². The van der Waals surface area contributed by atoms with Crippen LogP contribution in [0, 0.1) is 11.3 Å². The number of allylic oxidation sites excluding steroid dienone is 1. The second-order valence-corrected chi connectivity index (χ2v) is 10.5. The fraction of sp³-hybridized carbons (Fsp3) is 0.227. The minimum Gasteiger partial charge on any atom is -0.457 e. The van der Waals surface area contributed by atoms with Crippen molar-refractivity contribution in [2.45, 2.75) is 19.8 Å². The summed E-state index contributed by atoms with van der Waals surface area (Å²) in [7, 11) is 0. The van der Waals surface area contributed by atoms with Crippen molar-refractivity contribution < 1.29 is 4.42 Å². The van der Waals surface area contributed by atoms with Crippen molar-refractivity contribution in [3.8, 4) is 11.3 Å². The Hall–Kier alpha value is -2.12. The molecule has 1 aliphatic carbocycles. The van der Waals surface area contributed by atoms with Crippen molar-refractivity contribution in [1.29, 1.82) is 0 Å². The highest BCUT2D eigenvalue weighted by Gasteiger charge is 2.59. The van der Waals surface area contributed by atoms with Gasteiger partial charge in [0.05, 0.1) is 0 Å². The maximum Gasteiger partial charge on any atom is 0.291 e. The molecule has 1 aliphatic rings. The first-order valence-corrected chi connectivity index (χ1v) is 11.5. The number of halogens is 3. The molecule has 0 bridgehead atoms. The number of hydrogen-bond donors (Lipinski definition) is 0. The lowest BCUT2D eigenvalue weighted by Gasteiger charge is -1.97. The van der Waals surface area contributed by atoms with Crippen LogP contribution in [0.15, 0.2) is 56.2 Å². The summed E-state index contributed by atoms with van der Waals surface area (Å²) >= 11 is 19.0. The minimum atomic E-state index is -0.222. The third kappa shape index (κ3) is 3.72. The molecule has 4 aromatic rings. The van der Waals surface area contributed by atoms with Gasteiger partial charge in [0.15, 0.2) is 5.82 Å². The van der Waals surface area contributed by atoms with Gasteiger partial charge >= 0.3 is 0 Å². The van der Waals surface area contributed by atoms with Crippen LogP contribution in [0.3, 0.4) is 0 Å². The van der Waals surface area contributed by atoms with Gasteiger partial charge in [0.1, 0.15) is 20.5 Å². The van der Waals surface area contributed by atoms with Gasteiger partial charge < -0.3 is 4.42 Å². The van der Waals surface area contributed by atoms with Gasteiger partial charge in [-0.2, -0.15) is 4.52 Å². The molecule has 0 unspecified atom stereocenters. The summed E-state index contributed by atoms with van der Waals surface area (Å²) in [4.78, 5) is 18.0. The summed E-state index contributed by atoms with van der Waals surface area (Å²) in [6, 6.07) is 11.1. The van der Waals surface area contributed by atoms with Gasteiger partial charge in [0, 0.05) is 22.6 Å². The van der Waals surface area contributed by atoms with Gasteiger partial charge in [0.25, 0.3) is 5.56 Å². The SMILES string of the molecule is CC1(C)[C@H](c2nc3s/c(=C/c4ccc(-c5cccc(Cl)c5)o4)c(=O)n3n2)[C@@H]1C=C(Cl)Cl. The maximum absolute atomic E-state index is 12.9. The number of hydrogen-bond acceptors (Lipinski definition) is 5. The molecule has 5 nitrogen and oxygen atoms in total. The Labute approximate surface area is 196 Å². The molecular weight excluding hydrogens is 477 g/mol. The van der Waals surface area contributed by atoms with Gasteiger partial charge in [-0.1, -0.05) is 72.1 Å². The van der Waals surface area contributed by atoms with E-state index < -0.39 is 0 Å². The Morgan fingerprint density at radius 2 is 2.06 bits per heavy atom. The Morgan fingerprint density at radius 3 is 2.77 bits per heavy atom. The van der Waals surface area contributed by atoms with Crippen LogP contribution >= 0.6 is 46.1 Å². The molecule has 5 rings (SSSR count). The fourth-order valence-corrected chi connectivity index (χ4v) is 5.31. The zero-order valence-electron chi connectivity index (χ0n) is 16.5. The Morgan fingerprint density at radius 1 is 1.26 bits per heavy atom. The fourth-order valence-electron chi connectivity index (χ4n) is 3.95. The van der Waals surface area contributed by atoms with Crippen molar-refractivity contribution in [3.05, 3.63) is 78.5 Å². The predicted octanol–water partition coefficient (Wildman–Crippen LogP) is 5.67. The van der Waals surface area contributed by atoms with Crippen molar-refractivity contribution in [3.63, 3.8) is 0 Å². The number of fused-ring (bicyclic) bond motifs is 1. The molecule has 1 aromatic carbocycles. The van der Waals surface area contributed by atoms with Gasteiger partial charge in [-0.25, -0.2) is 4.98 Å². The molecule has 0 amide bonds. The average molecular weight is 493 g/mol. The molecule has 0 aliphatic heterocycles. The van der Waals surface area contributed by atoms with Crippen molar-refractivity contribution >= 4 is 57.2 Å². The van der Waals surface area contributed by atoms with Crippen molar-refractivity contribution in [2.24, 2.45) is 11.3 Å². The van der Waals surface area contributed by atoms with Crippen LogP contribution in [0.4, 0.5) is 0 Å². The third-order valence-corrected chi connectivity index (χ3v) is 7.15. The molecule has 1 saturated carbocycles. The van der Waals surface area contributed by atoms with E-state index in [0.29, 0.717) is 31.9 Å². The van der Waals surface area contributed by atoms with Gasteiger partial charge in [0.2, 0.25) is 4.96 Å². The minimum absolute atomic E-state index is 0.0605. The first kappa shape index (κ1) is 20.8. The van der Waals surface area contributed by atoms with Crippen LogP contribution < -0.4 is 10.1 Å². The van der Waals surface area contributed by atoms with E-state index in [9.17, 15) is 4.79 Å². The summed E-state index contributed by atoms with van der Waals surface area (Å²) < 4.78 is 7.97. The molecule has 31 heavy (non-hydrogen) atoms. The normalized spacial score (nSPS) is 20.4. The second-order valence-electron chi connectivity index (χ2n) is 8.07. The Bertz CT molecular complexity index is 1450. The highest BCUT2D eigenvalue weighted by Crippen LogP contribution is 2.64. The average Bonchev–Trinajstić information content (AvgIpc) is 3.16. The summed E-state index contributed by atoms with van der Waals surface area (Å²) in [5.74, 6) is 2.10. The topological polar surface area (TPSA) is 60.4 Å². The smallest absolute Gasteiger partial charge is 0.291 e. The number of furan rings is 1. The number of rotatable bonds is 4. The molecule has 0 N–H and O–H groups in total. The van der Waals surface area contributed by atoms with E-state index >= 15 is 0 Å². The van der Waals surface area contributed by atoms with Crippen LogP contribution in [-0.2, 0) is 0 Å². The molecule has 0 radical (unpaired) electrons. The Kier molecular flexibility index (Phi) is 5.01. The number of benzene rings is 1. The standard InChI is InChI=1S/C22H16Cl3N3O2S/c1-22(2)14(10-17(24)25)18(22)19-26-21-28(27-19)20(29)16(31-21)9-13-6-7-15(30-13)11-4-3-5-12(23)8-11/h3-10,14,18H,1-2H3/b16-9+/t14-,18-/m0/s1. The molecule has 1 fully saturated rings. The molecule has 158 valence electrons. The lowest BCUT2D eigenvalue weighted by Crippen LogP contribution is -2.23. The van der Waals surface area contributed by atoms with Gasteiger partial charge in [-0.15, -0.1) is 5.10 Å². The van der Waals surface area contributed by atoms with E-state index in [0.717, 1.165) is 5.56 Å². The van der Waals surface area contributed by atoms with Crippen molar-refractivity contribution in [1.82, 2.24) is 14.6 Å². The van der Waals surface area contributed by atoms with Crippen LogP contribution in [0.2, 0.25) is 5.02 Å². The van der Waals surface area contributed by atoms with Gasteiger partial charge in [-0.3, -0.25) is 4.79 Å². The van der Waals surface area contributed by atoms with Crippen LogP contribution in [0.1, 0.15) is 31.4 Å². The Balaban J connectivity index is 1.47. The molecule has 9 heteroatoms. The summed E-state index contributed by atoms with van der Waals surface area (Å²) in [5.41, 5.74) is 0.587. The summed E-state index contributed by atoms with van der Waals surface area (Å²) in [6.45, 7) is 4.22. The number of aromatic nitrogens is 3. The molecule has 3 aromatic heterocycles. The first-order valence-electron chi connectivity index (χ1n) is 9.54. The number of thiazole rings is 1. The molecule has 3 heterocycles.